The first-order chi connectivity index (χ1) is 11.6. The van der Waals surface area contributed by atoms with Gasteiger partial charge in [0.2, 0.25) is 5.91 Å². The summed E-state index contributed by atoms with van der Waals surface area (Å²) in [5.41, 5.74) is 0. The predicted molar refractivity (Wildman–Crippen MR) is 98.0 cm³/mol. The van der Waals surface area contributed by atoms with Crippen LogP contribution in [-0.4, -0.2) is 52.7 Å². The quantitative estimate of drug-likeness (QED) is 0.759. The van der Waals surface area contributed by atoms with Gasteiger partial charge >= 0.3 is 0 Å². The van der Waals surface area contributed by atoms with Crippen LogP contribution in [0.5, 0.6) is 0 Å². The van der Waals surface area contributed by atoms with E-state index in [1.54, 1.807) is 36.8 Å². The van der Waals surface area contributed by atoms with Gasteiger partial charge in [0, 0.05) is 43.5 Å². The predicted octanol–water partition coefficient (Wildman–Crippen LogP) is 3.22. The lowest BCUT2D eigenvalue weighted by atomic mass is 10.3. The zero-order chi connectivity index (χ0) is 16.9. The Morgan fingerprint density at radius 2 is 1.83 bits per heavy atom. The molecule has 0 aliphatic carbocycles. The maximum atomic E-state index is 12.4. The number of aromatic nitrogens is 2. The molecule has 0 atom stereocenters. The number of rotatable bonds is 4. The molecule has 0 bridgehead atoms. The normalized spacial score (nSPS) is 14.8. The first-order valence-electron chi connectivity index (χ1n) is 7.50. The number of piperazine rings is 1. The van der Waals surface area contributed by atoms with Crippen molar-refractivity contribution in [1.82, 2.24) is 14.9 Å². The van der Waals surface area contributed by atoms with E-state index in [1.807, 2.05) is 4.90 Å². The maximum absolute atomic E-state index is 12.4. The molecule has 0 radical (unpaired) electrons. The number of benzene rings is 1. The minimum Gasteiger partial charge on any atom is -0.352 e. The molecule has 3 rings (SSSR count). The van der Waals surface area contributed by atoms with E-state index >= 15 is 0 Å². The Morgan fingerprint density at radius 3 is 2.46 bits per heavy atom. The Hall–Kier alpha value is -1.50. The number of amides is 1. The van der Waals surface area contributed by atoms with Crippen LogP contribution in [-0.2, 0) is 4.79 Å². The Bertz CT molecular complexity index is 688. The molecule has 24 heavy (non-hydrogen) atoms. The summed E-state index contributed by atoms with van der Waals surface area (Å²) in [7, 11) is 0. The van der Waals surface area contributed by atoms with Crippen molar-refractivity contribution >= 4 is 46.7 Å². The second-order valence-corrected chi connectivity index (χ2v) is 7.07. The number of thioether (sulfide) groups is 1. The minimum atomic E-state index is 0.0924. The van der Waals surface area contributed by atoms with Crippen molar-refractivity contribution in [3.8, 4) is 0 Å². The van der Waals surface area contributed by atoms with Gasteiger partial charge in [0.15, 0.2) is 0 Å². The molecular formula is C16H16Cl2N4OS. The van der Waals surface area contributed by atoms with Crippen molar-refractivity contribution in [2.75, 3.05) is 36.8 Å². The zero-order valence-electron chi connectivity index (χ0n) is 12.9. The molecule has 1 saturated heterocycles. The molecular weight excluding hydrogens is 367 g/mol. The summed E-state index contributed by atoms with van der Waals surface area (Å²) in [5.74, 6) is 1.27. The van der Waals surface area contributed by atoms with E-state index in [-0.39, 0.29) is 5.91 Å². The molecule has 0 N–H and O–H groups in total. The summed E-state index contributed by atoms with van der Waals surface area (Å²) >= 11 is 13.7. The first-order valence-corrected chi connectivity index (χ1v) is 9.25. The van der Waals surface area contributed by atoms with E-state index in [0.29, 0.717) is 28.9 Å². The lowest BCUT2D eigenvalue weighted by molar-refractivity contribution is -0.128. The van der Waals surface area contributed by atoms with Crippen LogP contribution in [0.2, 0.25) is 10.0 Å². The number of hydrogen-bond acceptors (Lipinski definition) is 5. The van der Waals surface area contributed by atoms with Gasteiger partial charge in [-0.1, -0.05) is 29.3 Å². The fraction of sp³-hybridized carbons (Fsp3) is 0.312. The molecule has 1 aliphatic rings. The molecule has 2 aromatic rings. The molecule has 1 aromatic carbocycles. The monoisotopic (exact) mass is 382 g/mol. The van der Waals surface area contributed by atoms with Gasteiger partial charge in [-0.25, -0.2) is 4.98 Å². The van der Waals surface area contributed by atoms with Gasteiger partial charge < -0.3 is 9.80 Å². The van der Waals surface area contributed by atoms with Gasteiger partial charge in [-0.3, -0.25) is 9.78 Å². The Kier molecular flexibility index (Phi) is 5.81. The lowest BCUT2D eigenvalue weighted by Gasteiger charge is -2.35. The average Bonchev–Trinajstić information content (AvgIpc) is 2.62. The lowest BCUT2D eigenvalue weighted by Crippen LogP contribution is -2.49. The van der Waals surface area contributed by atoms with Crippen LogP contribution in [0.4, 0.5) is 5.82 Å². The second-order valence-electron chi connectivity index (χ2n) is 5.27. The number of anilines is 1. The van der Waals surface area contributed by atoms with Crippen molar-refractivity contribution in [3.63, 3.8) is 0 Å². The molecule has 0 saturated carbocycles. The van der Waals surface area contributed by atoms with Crippen LogP contribution in [0.3, 0.4) is 0 Å². The maximum Gasteiger partial charge on any atom is 0.233 e. The van der Waals surface area contributed by atoms with E-state index in [0.717, 1.165) is 23.8 Å². The number of hydrogen-bond donors (Lipinski definition) is 0. The van der Waals surface area contributed by atoms with E-state index in [4.69, 9.17) is 23.2 Å². The smallest absolute Gasteiger partial charge is 0.233 e. The molecule has 126 valence electrons. The van der Waals surface area contributed by atoms with Crippen LogP contribution in [0, 0.1) is 0 Å². The highest BCUT2D eigenvalue weighted by Gasteiger charge is 2.22. The van der Waals surface area contributed by atoms with E-state index in [2.05, 4.69) is 14.9 Å². The van der Waals surface area contributed by atoms with E-state index < -0.39 is 0 Å². The van der Waals surface area contributed by atoms with Crippen LogP contribution in [0.25, 0.3) is 0 Å². The zero-order valence-corrected chi connectivity index (χ0v) is 15.2. The fourth-order valence-electron chi connectivity index (χ4n) is 2.49. The Morgan fingerprint density at radius 1 is 1.12 bits per heavy atom. The second kappa shape index (κ2) is 8.05. The van der Waals surface area contributed by atoms with Crippen molar-refractivity contribution in [2.45, 2.75) is 4.90 Å². The Balaban J connectivity index is 1.52. The van der Waals surface area contributed by atoms with E-state index in [9.17, 15) is 4.79 Å². The summed E-state index contributed by atoms with van der Waals surface area (Å²) in [5, 5.41) is 1.15. The first kappa shape index (κ1) is 17.3. The summed E-state index contributed by atoms with van der Waals surface area (Å²) in [6.07, 6.45) is 5.07. The molecule has 0 spiro atoms. The van der Waals surface area contributed by atoms with Crippen molar-refractivity contribution in [1.29, 1.82) is 0 Å². The standard InChI is InChI=1S/C16H16Cl2N4OS/c17-12-2-1-3-13(18)16(12)24-11-15(23)22-8-6-21(7-9-22)14-10-19-4-5-20-14/h1-5,10H,6-9,11H2. The van der Waals surface area contributed by atoms with E-state index in [1.165, 1.54) is 11.8 Å². The van der Waals surface area contributed by atoms with Crippen molar-refractivity contribution in [2.24, 2.45) is 0 Å². The Labute approximate surface area is 155 Å². The van der Waals surface area contributed by atoms with Crippen LogP contribution in [0.15, 0.2) is 41.7 Å². The van der Waals surface area contributed by atoms with Gasteiger partial charge in [0.1, 0.15) is 5.82 Å². The number of carbonyl (C=O) groups excluding carboxylic acids is 1. The highest BCUT2D eigenvalue weighted by Crippen LogP contribution is 2.33. The topological polar surface area (TPSA) is 49.3 Å². The van der Waals surface area contributed by atoms with Crippen LogP contribution >= 0.6 is 35.0 Å². The van der Waals surface area contributed by atoms with Crippen LogP contribution in [0.1, 0.15) is 0 Å². The highest BCUT2D eigenvalue weighted by molar-refractivity contribution is 8.00. The molecule has 8 heteroatoms. The number of carbonyl (C=O) groups is 1. The SMILES string of the molecule is O=C(CSc1c(Cl)cccc1Cl)N1CCN(c2cnccn2)CC1. The number of nitrogens with zero attached hydrogens (tertiary/aromatic N) is 4. The van der Waals surface area contributed by atoms with Gasteiger partial charge in [0.05, 0.1) is 22.0 Å². The third-order valence-electron chi connectivity index (χ3n) is 3.76. The van der Waals surface area contributed by atoms with Crippen molar-refractivity contribution in [3.05, 3.63) is 46.8 Å². The fourth-order valence-corrected chi connectivity index (χ4v) is 4.07. The van der Waals surface area contributed by atoms with Crippen molar-refractivity contribution < 1.29 is 4.79 Å². The largest absolute Gasteiger partial charge is 0.352 e. The average molecular weight is 383 g/mol. The van der Waals surface area contributed by atoms with Gasteiger partial charge in [0.25, 0.3) is 0 Å². The van der Waals surface area contributed by atoms with Gasteiger partial charge in [-0.15, -0.1) is 11.8 Å². The van der Waals surface area contributed by atoms with Gasteiger partial charge in [-0.05, 0) is 12.1 Å². The van der Waals surface area contributed by atoms with Gasteiger partial charge in [-0.2, -0.15) is 0 Å². The summed E-state index contributed by atoms with van der Waals surface area (Å²) in [6, 6.07) is 5.35. The summed E-state index contributed by atoms with van der Waals surface area (Å²) in [6.45, 7) is 2.85. The third kappa shape index (κ3) is 4.12. The minimum absolute atomic E-state index is 0.0924. The summed E-state index contributed by atoms with van der Waals surface area (Å²) < 4.78 is 0. The molecule has 2 heterocycles. The molecule has 5 nitrogen and oxygen atoms in total. The molecule has 0 unspecified atom stereocenters. The number of halogens is 2. The molecule has 1 aliphatic heterocycles. The molecule has 1 fully saturated rings. The molecule has 1 amide bonds. The van der Waals surface area contributed by atoms with Crippen LogP contribution < -0.4 is 4.90 Å². The highest BCUT2D eigenvalue weighted by atomic mass is 35.5. The third-order valence-corrected chi connectivity index (χ3v) is 5.74. The molecule has 1 aromatic heterocycles. The summed E-state index contributed by atoms with van der Waals surface area (Å²) in [4.78, 5) is 25.5.